The first-order valence-electron chi connectivity index (χ1n) is 7.30. The monoisotopic (exact) mass is 345 g/mol. The van der Waals surface area contributed by atoms with Crippen LogP contribution >= 0.6 is 11.3 Å². The third-order valence-electron chi connectivity index (χ3n) is 3.20. The van der Waals surface area contributed by atoms with Gasteiger partial charge in [-0.25, -0.2) is 5.10 Å². The average Bonchev–Trinajstić information content (AvgIpc) is 3.23. The van der Waals surface area contributed by atoms with Crippen molar-refractivity contribution in [1.82, 2.24) is 20.6 Å². The number of thiophene rings is 1. The second-order valence-corrected chi connectivity index (χ2v) is 6.64. The lowest BCUT2D eigenvalue weighted by Crippen LogP contribution is -2.06. The molecular weight excluding hydrogens is 330 g/mol. The van der Waals surface area contributed by atoms with Crippen LogP contribution < -0.4 is 4.74 Å². The first-order chi connectivity index (χ1) is 11.5. The predicted molar refractivity (Wildman–Crippen MR) is 89.9 cm³/mol. The van der Waals surface area contributed by atoms with Gasteiger partial charge in [0.25, 0.3) is 0 Å². The molecule has 3 rings (SSSR count). The summed E-state index contributed by atoms with van der Waals surface area (Å²) in [6, 6.07) is 8.75. The van der Waals surface area contributed by atoms with E-state index in [4.69, 9.17) is 4.74 Å². The van der Waals surface area contributed by atoms with Crippen LogP contribution in [0, 0.1) is 16.0 Å². The molecule has 9 heteroatoms. The number of nitrogens with one attached hydrogen (secondary N) is 1. The highest BCUT2D eigenvalue weighted by atomic mass is 32.1. The number of benzene rings is 1. The zero-order valence-electron chi connectivity index (χ0n) is 13.1. The van der Waals surface area contributed by atoms with Crippen molar-refractivity contribution in [1.29, 1.82) is 0 Å². The molecule has 0 radical (unpaired) electrons. The minimum Gasteiger partial charge on any atom is -0.487 e. The van der Waals surface area contributed by atoms with Crippen molar-refractivity contribution in [3.8, 4) is 26.9 Å². The Hall–Kier alpha value is -2.81. The highest BCUT2D eigenvalue weighted by Gasteiger charge is 2.18. The van der Waals surface area contributed by atoms with Crippen LogP contribution in [0.2, 0.25) is 0 Å². The smallest absolute Gasteiger partial charge is 0.311 e. The molecule has 0 fully saturated rings. The fourth-order valence-corrected chi connectivity index (χ4v) is 3.01. The van der Waals surface area contributed by atoms with Gasteiger partial charge in [-0.15, -0.1) is 16.4 Å². The lowest BCUT2D eigenvalue weighted by molar-refractivity contribution is -0.385. The summed E-state index contributed by atoms with van der Waals surface area (Å²) in [5, 5.41) is 25.0. The molecule has 2 aromatic heterocycles. The lowest BCUT2D eigenvalue weighted by atomic mass is 10.1. The molecule has 0 aliphatic heterocycles. The number of hydrogen-bond donors (Lipinski definition) is 1. The second-order valence-electron chi connectivity index (χ2n) is 5.56. The first-order valence-corrected chi connectivity index (χ1v) is 8.12. The van der Waals surface area contributed by atoms with E-state index in [1.165, 1.54) is 17.4 Å². The van der Waals surface area contributed by atoms with Gasteiger partial charge in [-0.2, -0.15) is 0 Å². The topological polar surface area (TPSA) is 107 Å². The number of nitro groups is 1. The predicted octanol–water partition coefficient (Wildman–Crippen LogP) is 3.54. The van der Waals surface area contributed by atoms with Crippen molar-refractivity contribution >= 4 is 17.0 Å². The molecule has 0 aliphatic carbocycles. The molecule has 2 heterocycles. The molecule has 1 N–H and O–H groups in total. The Morgan fingerprint density at radius 2 is 2.08 bits per heavy atom. The van der Waals surface area contributed by atoms with E-state index >= 15 is 0 Å². The maximum absolute atomic E-state index is 11.3. The SMILES string of the molecule is CC(C)COc1ccc(-c2ccc(-c3nnn[nH]3)s2)cc1[N+](=O)[O-]. The first kappa shape index (κ1) is 16.1. The van der Waals surface area contributed by atoms with Gasteiger partial charge in [0.2, 0.25) is 0 Å². The molecule has 0 spiro atoms. The van der Waals surface area contributed by atoms with Crippen molar-refractivity contribution in [3.63, 3.8) is 0 Å². The molecule has 3 aromatic rings. The van der Waals surface area contributed by atoms with Crippen molar-refractivity contribution in [2.45, 2.75) is 13.8 Å². The Labute approximate surface area is 141 Å². The molecule has 0 aliphatic rings. The number of rotatable bonds is 6. The molecule has 124 valence electrons. The third kappa shape index (κ3) is 3.40. The van der Waals surface area contributed by atoms with Gasteiger partial charge >= 0.3 is 5.69 Å². The Kier molecular flexibility index (Phi) is 4.52. The highest BCUT2D eigenvalue weighted by Crippen LogP contribution is 2.37. The van der Waals surface area contributed by atoms with Crippen LogP contribution in [0.25, 0.3) is 21.1 Å². The standard InChI is InChI=1S/C15H15N5O3S/c1-9(2)8-23-12-4-3-10(7-11(12)20(21)22)13-5-6-14(24-13)15-16-18-19-17-15/h3-7,9H,8H2,1-2H3,(H,16,17,18,19). The largest absolute Gasteiger partial charge is 0.487 e. The van der Waals surface area contributed by atoms with Crippen LogP contribution in [0.15, 0.2) is 30.3 Å². The Morgan fingerprint density at radius 3 is 2.75 bits per heavy atom. The van der Waals surface area contributed by atoms with Crippen LogP contribution in [0.3, 0.4) is 0 Å². The summed E-state index contributed by atoms with van der Waals surface area (Å²) in [6.45, 7) is 4.42. The van der Waals surface area contributed by atoms with Gasteiger partial charge in [0.1, 0.15) is 0 Å². The molecule has 24 heavy (non-hydrogen) atoms. The summed E-state index contributed by atoms with van der Waals surface area (Å²) in [5.74, 6) is 1.14. The van der Waals surface area contributed by atoms with E-state index < -0.39 is 4.92 Å². The van der Waals surface area contributed by atoms with E-state index in [1.54, 1.807) is 6.07 Å². The molecule has 0 bridgehead atoms. The zero-order valence-corrected chi connectivity index (χ0v) is 13.9. The average molecular weight is 345 g/mol. The molecular formula is C15H15N5O3S. The Morgan fingerprint density at radius 1 is 1.29 bits per heavy atom. The zero-order chi connectivity index (χ0) is 17.1. The molecule has 0 unspecified atom stereocenters. The number of aromatic amines is 1. The van der Waals surface area contributed by atoms with Gasteiger partial charge in [0.15, 0.2) is 11.6 Å². The van der Waals surface area contributed by atoms with Crippen LogP contribution in [0.5, 0.6) is 5.75 Å². The van der Waals surface area contributed by atoms with Gasteiger partial charge in [0.05, 0.1) is 16.4 Å². The summed E-state index contributed by atoms with van der Waals surface area (Å²) in [6.07, 6.45) is 0. The van der Waals surface area contributed by atoms with Gasteiger partial charge in [-0.3, -0.25) is 10.1 Å². The number of ether oxygens (including phenoxy) is 1. The number of nitrogens with zero attached hydrogens (tertiary/aromatic N) is 4. The molecule has 0 saturated heterocycles. The second kappa shape index (κ2) is 6.75. The number of tetrazole rings is 1. The van der Waals surface area contributed by atoms with Crippen molar-refractivity contribution < 1.29 is 9.66 Å². The molecule has 0 atom stereocenters. The summed E-state index contributed by atoms with van der Waals surface area (Å²) in [7, 11) is 0. The summed E-state index contributed by atoms with van der Waals surface area (Å²) in [4.78, 5) is 12.7. The fourth-order valence-electron chi connectivity index (χ4n) is 2.08. The Balaban J connectivity index is 1.91. The van der Waals surface area contributed by atoms with E-state index in [2.05, 4.69) is 20.6 Å². The molecule has 0 saturated carbocycles. The number of hydrogen-bond acceptors (Lipinski definition) is 7. The molecule has 1 aromatic carbocycles. The maximum atomic E-state index is 11.3. The van der Waals surface area contributed by atoms with Gasteiger partial charge < -0.3 is 4.74 Å². The Bertz CT molecular complexity index is 845. The fraction of sp³-hybridized carbons (Fsp3) is 0.267. The molecule has 8 nitrogen and oxygen atoms in total. The van der Waals surface area contributed by atoms with Crippen molar-refractivity contribution in [2.24, 2.45) is 5.92 Å². The van der Waals surface area contributed by atoms with Crippen LogP contribution in [-0.2, 0) is 0 Å². The lowest BCUT2D eigenvalue weighted by Gasteiger charge is -2.09. The quantitative estimate of drug-likeness (QED) is 0.541. The summed E-state index contributed by atoms with van der Waals surface area (Å²) < 4.78 is 5.55. The van der Waals surface area contributed by atoms with Crippen LogP contribution in [0.4, 0.5) is 5.69 Å². The maximum Gasteiger partial charge on any atom is 0.311 e. The minimum atomic E-state index is -0.423. The van der Waals surface area contributed by atoms with E-state index in [9.17, 15) is 10.1 Å². The minimum absolute atomic E-state index is 0.0376. The van der Waals surface area contributed by atoms with Crippen molar-refractivity contribution in [3.05, 3.63) is 40.4 Å². The third-order valence-corrected chi connectivity index (χ3v) is 4.34. The highest BCUT2D eigenvalue weighted by molar-refractivity contribution is 7.18. The van der Waals surface area contributed by atoms with Crippen molar-refractivity contribution in [2.75, 3.05) is 6.61 Å². The van der Waals surface area contributed by atoms with Gasteiger partial charge in [0, 0.05) is 10.9 Å². The number of nitro benzene ring substituents is 1. The molecule has 0 amide bonds. The normalized spacial score (nSPS) is 11.0. The summed E-state index contributed by atoms with van der Waals surface area (Å²) >= 11 is 1.45. The van der Waals surface area contributed by atoms with E-state index in [1.807, 2.05) is 32.0 Å². The van der Waals surface area contributed by atoms with Gasteiger partial charge in [-0.1, -0.05) is 13.8 Å². The van der Waals surface area contributed by atoms with E-state index in [-0.39, 0.29) is 11.4 Å². The van der Waals surface area contributed by atoms with Crippen LogP contribution in [-0.4, -0.2) is 32.2 Å². The number of H-pyrrole nitrogens is 1. The van der Waals surface area contributed by atoms with Gasteiger partial charge in [-0.05, 0) is 46.2 Å². The van der Waals surface area contributed by atoms with E-state index in [0.29, 0.717) is 18.3 Å². The van der Waals surface area contributed by atoms with E-state index in [0.717, 1.165) is 15.3 Å². The summed E-state index contributed by atoms with van der Waals surface area (Å²) in [5.41, 5.74) is 0.715. The number of aromatic nitrogens is 4. The van der Waals surface area contributed by atoms with Crippen LogP contribution in [0.1, 0.15) is 13.8 Å².